The second-order valence-electron chi connectivity index (χ2n) is 6.98. The van der Waals surface area contributed by atoms with Crippen molar-refractivity contribution in [3.05, 3.63) is 59.7 Å². The normalized spacial score (nSPS) is 20.9. The van der Waals surface area contributed by atoms with Crippen molar-refractivity contribution >= 4 is 5.91 Å². The third kappa shape index (κ3) is 2.84. The number of hydrogen-bond donors (Lipinski definition) is 0. The first-order valence-electron chi connectivity index (χ1n) is 8.92. The van der Waals surface area contributed by atoms with Crippen molar-refractivity contribution < 1.29 is 4.79 Å². The number of rotatable bonds is 2. The van der Waals surface area contributed by atoms with Gasteiger partial charge in [-0.2, -0.15) is 0 Å². The van der Waals surface area contributed by atoms with Gasteiger partial charge in [-0.1, -0.05) is 36.4 Å². The summed E-state index contributed by atoms with van der Waals surface area (Å²) >= 11 is 0. The lowest BCUT2D eigenvalue weighted by Gasteiger charge is -2.37. The van der Waals surface area contributed by atoms with Gasteiger partial charge in [0.2, 0.25) is 0 Å². The molecular formula is C21H24N2O. The van der Waals surface area contributed by atoms with Crippen LogP contribution in [-0.2, 0) is 0 Å². The Balaban J connectivity index is 1.50. The molecule has 0 aromatic heterocycles. The van der Waals surface area contributed by atoms with E-state index in [0.29, 0.717) is 6.04 Å². The number of fused-ring (bicyclic) bond motifs is 1. The van der Waals surface area contributed by atoms with Gasteiger partial charge in [0, 0.05) is 31.2 Å². The van der Waals surface area contributed by atoms with Gasteiger partial charge in [-0.05, 0) is 55.1 Å². The van der Waals surface area contributed by atoms with E-state index >= 15 is 0 Å². The van der Waals surface area contributed by atoms with E-state index in [1.165, 1.54) is 36.1 Å². The summed E-state index contributed by atoms with van der Waals surface area (Å²) in [5.74, 6) is 0.179. The summed E-state index contributed by atoms with van der Waals surface area (Å²) in [6.45, 7) is 6.10. The van der Waals surface area contributed by atoms with Crippen molar-refractivity contribution in [1.82, 2.24) is 9.80 Å². The molecule has 1 unspecified atom stereocenters. The van der Waals surface area contributed by atoms with E-state index in [-0.39, 0.29) is 5.91 Å². The summed E-state index contributed by atoms with van der Waals surface area (Å²) in [5.41, 5.74) is 4.47. The number of amides is 1. The average Bonchev–Trinajstić information content (AvgIpc) is 3.09. The van der Waals surface area contributed by atoms with Crippen LogP contribution in [0.25, 0.3) is 11.1 Å². The quantitative estimate of drug-likeness (QED) is 0.844. The second kappa shape index (κ2) is 6.40. The number of carbonyl (C=O) groups is 1. The van der Waals surface area contributed by atoms with E-state index in [1.807, 2.05) is 17.0 Å². The van der Waals surface area contributed by atoms with Crippen LogP contribution in [0.1, 0.15) is 28.8 Å². The van der Waals surface area contributed by atoms with Crippen LogP contribution < -0.4 is 0 Å². The molecule has 0 bridgehead atoms. The topological polar surface area (TPSA) is 23.6 Å². The zero-order chi connectivity index (χ0) is 16.5. The first kappa shape index (κ1) is 15.4. The fourth-order valence-corrected chi connectivity index (χ4v) is 4.05. The lowest BCUT2D eigenvalue weighted by atomic mass is 9.99. The summed E-state index contributed by atoms with van der Waals surface area (Å²) in [6, 6.07) is 17.0. The van der Waals surface area contributed by atoms with E-state index in [9.17, 15) is 4.79 Å². The van der Waals surface area contributed by atoms with Crippen molar-refractivity contribution in [3.8, 4) is 11.1 Å². The summed E-state index contributed by atoms with van der Waals surface area (Å²) in [7, 11) is 0. The zero-order valence-electron chi connectivity index (χ0n) is 14.2. The van der Waals surface area contributed by atoms with Crippen LogP contribution in [0, 0.1) is 6.92 Å². The van der Waals surface area contributed by atoms with Crippen molar-refractivity contribution in [2.24, 2.45) is 0 Å². The predicted octanol–water partition coefficient (Wildman–Crippen LogP) is 3.58. The molecule has 2 aliphatic heterocycles. The van der Waals surface area contributed by atoms with Gasteiger partial charge in [0.05, 0.1) is 0 Å². The molecule has 2 saturated heterocycles. The molecule has 0 aliphatic carbocycles. The van der Waals surface area contributed by atoms with Crippen molar-refractivity contribution in [2.45, 2.75) is 25.8 Å². The number of nitrogens with zero attached hydrogens (tertiary/aromatic N) is 2. The molecule has 124 valence electrons. The number of benzene rings is 2. The predicted molar refractivity (Wildman–Crippen MR) is 97.1 cm³/mol. The molecule has 1 atom stereocenters. The lowest BCUT2D eigenvalue weighted by molar-refractivity contribution is 0.0571. The van der Waals surface area contributed by atoms with Crippen LogP contribution >= 0.6 is 0 Å². The Morgan fingerprint density at radius 3 is 2.58 bits per heavy atom. The maximum atomic E-state index is 12.8. The SMILES string of the molecule is Cc1ccccc1-c1ccc(C(=O)N2CCN3CCCC3C2)cc1. The second-order valence-corrected chi connectivity index (χ2v) is 6.98. The fourth-order valence-electron chi connectivity index (χ4n) is 4.05. The monoisotopic (exact) mass is 320 g/mol. The average molecular weight is 320 g/mol. The number of carbonyl (C=O) groups excluding carboxylic acids is 1. The standard InChI is InChI=1S/C21H24N2O/c1-16-5-2-3-7-20(16)17-8-10-18(11-9-17)21(24)23-14-13-22-12-4-6-19(22)15-23/h2-3,5,7-11,19H,4,6,12-15H2,1H3. The van der Waals surface area contributed by atoms with Gasteiger partial charge < -0.3 is 4.90 Å². The molecule has 2 aromatic carbocycles. The number of piperazine rings is 1. The Bertz CT molecular complexity index is 738. The summed E-state index contributed by atoms with van der Waals surface area (Å²) in [5, 5.41) is 0. The molecule has 1 amide bonds. The minimum atomic E-state index is 0.179. The summed E-state index contributed by atoms with van der Waals surface area (Å²) in [6.07, 6.45) is 2.51. The highest BCUT2D eigenvalue weighted by molar-refractivity contribution is 5.95. The molecule has 24 heavy (non-hydrogen) atoms. The molecule has 3 heteroatoms. The largest absolute Gasteiger partial charge is 0.336 e. The Hall–Kier alpha value is -2.13. The minimum Gasteiger partial charge on any atom is -0.336 e. The maximum absolute atomic E-state index is 12.8. The van der Waals surface area contributed by atoms with Crippen LogP contribution in [-0.4, -0.2) is 47.9 Å². The first-order chi connectivity index (χ1) is 11.7. The maximum Gasteiger partial charge on any atom is 0.253 e. The Morgan fingerprint density at radius 2 is 1.79 bits per heavy atom. The van der Waals surface area contributed by atoms with E-state index < -0.39 is 0 Å². The van der Waals surface area contributed by atoms with Crippen molar-refractivity contribution in [2.75, 3.05) is 26.2 Å². The molecular weight excluding hydrogens is 296 g/mol. The van der Waals surface area contributed by atoms with Crippen LogP contribution in [0.15, 0.2) is 48.5 Å². The highest BCUT2D eigenvalue weighted by Gasteiger charge is 2.32. The van der Waals surface area contributed by atoms with Gasteiger partial charge in [0.1, 0.15) is 0 Å². The Kier molecular flexibility index (Phi) is 4.11. The van der Waals surface area contributed by atoms with Crippen LogP contribution in [0.5, 0.6) is 0 Å². The number of aryl methyl sites for hydroxylation is 1. The van der Waals surface area contributed by atoms with Crippen LogP contribution in [0.3, 0.4) is 0 Å². The first-order valence-corrected chi connectivity index (χ1v) is 8.92. The van der Waals surface area contributed by atoms with Crippen molar-refractivity contribution in [1.29, 1.82) is 0 Å². The van der Waals surface area contributed by atoms with Gasteiger partial charge in [-0.3, -0.25) is 9.69 Å². The van der Waals surface area contributed by atoms with Gasteiger partial charge in [0.25, 0.3) is 5.91 Å². The molecule has 0 spiro atoms. The summed E-state index contributed by atoms with van der Waals surface area (Å²) < 4.78 is 0. The third-order valence-corrected chi connectivity index (χ3v) is 5.46. The highest BCUT2D eigenvalue weighted by Crippen LogP contribution is 2.25. The van der Waals surface area contributed by atoms with Gasteiger partial charge in [0.15, 0.2) is 0 Å². The van der Waals surface area contributed by atoms with E-state index in [0.717, 1.165) is 25.2 Å². The highest BCUT2D eigenvalue weighted by atomic mass is 16.2. The van der Waals surface area contributed by atoms with Crippen LogP contribution in [0.2, 0.25) is 0 Å². The molecule has 2 aromatic rings. The van der Waals surface area contributed by atoms with E-state index in [2.05, 4.69) is 48.2 Å². The lowest BCUT2D eigenvalue weighted by Crippen LogP contribution is -2.52. The molecule has 4 rings (SSSR count). The molecule has 2 aliphatic rings. The van der Waals surface area contributed by atoms with E-state index in [1.54, 1.807) is 0 Å². The Morgan fingerprint density at radius 1 is 1.00 bits per heavy atom. The fraction of sp³-hybridized carbons (Fsp3) is 0.381. The summed E-state index contributed by atoms with van der Waals surface area (Å²) in [4.78, 5) is 17.4. The third-order valence-electron chi connectivity index (χ3n) is 5.46. The van der Waals surface area contributed by atoms with E-state index in [4.69, 9.17) is 0 Å². The van der Waals surface area contributed by atoms with Gasteiger partial charge in [-0.15, -0.1) is 0 Å². The van der Waals surface area contributed by atoms with Crippen LogP contribution in [0.4, 0.5) is 0 Å². The van der Waals surface area contributed by atoms with Gasteiger partial charge in [-0.25, -0.2) is 0 Å². The Labute approximate surface area is 143 Å². The molecule has 2 fully saturated rings. The molecule has 0 saturated carbocycles. The molecule has 0 N–H and O–H groups in total. The molecule has 3 nitrogen and oxygen atoms in total. The van der Waals surface area contributed by atoms with Crippen molar-refractivity contribution in [3.63, 3.8) is 0 Å². The zero-order valence-corrected chi connectivity index (χ0v) is 14.2. The smallest absolute Gasteiger partial charge is 0.253 e. The molecule has 0 radical (unpaired) electrons. The number of hydrogen-bond acceptors (Lipinski definition) is 2. The molecule has 2 heterocycles. The van der Waals surface area contributed by atoms with Gasteiger partial charge >= 0.3 is 0 Å². The minimum absolute atomic E-state index is 0.179.